The van der Waals surface area contributed by atoms with Crippen LogP contribution in [0.25, 0.3) is 11.3 Å². The van der Waals surface area contributed by atoms with Crippen LogP contribution in [0, 0.1) is 34.5 Å². The van der Waals surface area contributed by atoms with Crippen LogP contribution >= 0.6 is 11.6 Å². The molecule has 0 spiro atoms. The van der Waals surface area contributed by atoms with Gasteiger partial charge in [0.05, 0.1) is 47.1 Å². The number of phenolic OH excluding ortho intramolecular Hbond substituents is 1. The highest BCUT2D eigenvalue weighted by molar-refractivity contribution is 6.31. The Bertz CT molecular complexity index is 2430. The summed E-state index contributed by atoms with van der Waals surface area (Å²) in [7, 11) is 0. The number of phenols is 1. The van der Waals surface area contributed by atoms with Gasteiger partial charge in [-0.3, -0.25) is 19.2 Å². The number of carbonyl (C=O) groups excluding carboxylic acids is 4. The van der Waals surface area contributed by atoms with Crippen LogP contribution in [0.5, 0.6) is 17.2 Å². The largest absolute Gasteiger partial charge is 0.507 e. The van der Waals surface area contributed by atoms with Crippen molar-refractivity contribution >= 4 is 35.1 Å². The molecule has 0 bridgehead atoms. The average Bonchev–Trinajstić information content (AvgIpc) is 3.98. The van der Waals surface area contributed by atoms with E-state index in [2.05, 4.69) is 65.3 Å². The number of carbonyl (C=O) groups is 4. The SMILES string of the molecule is Cc1ncoc1-c1ccc(C(NC(=O)C2CCCN2)C(=O)[C@@H](NC(=O)CNCCCCCOc2ccc(C(=O)NC3C(C)(C)C(Oc4ccc(C#N)c(Cl)c4)C3(C)C)cc2)C(C)(C)C)cc1O. The highest BCUT2D eigenvalue weighted by Gasteiger charge is 2.64. The topological polar surface area (TPSA) is 217 Å². The van der Waals surface area contributed by atoms with Crippen molar-refractivity contribution in [3.05, 3.63) is 94.5 Å². The third kappa shape index (κ3) is 12.0. The zero-order chi connectivity index (χ0) is 48.7. The van der Waals surface area contributed by atoms with Gasteiger partial charge < -0.3 is 45.6 Å². The van der Waals surface area contributed by atoms with Crippen LogP contribution in [-0.4, -0.2) is 84.1 Å². The molecule has 2 unspecified atom stereocenters. The van der Waals surface area contributed by atoms with Gasteiger partial charge in [-0.1, -0.05) is 66.1 Å². The number of hydrogen-bond acceptors (Lipinski definition) is 12. The number of hydrogen-bond donors (Lipinski definition) is 6. The van der Waals surface area contributed by atoms with E-state index in [0.717, 1.165) is 25.7 Å². The number of aryl methyl sites for hydroxylation is 1. The smallest absolute Gasteiger partial charge is 0.251 e. The Balaban J connectivity index is 0.933. The second-order valence-electron chi connectivity index (χ2n) is 19.8. The van der Waals surface area contributed by atoms with E-state index in [1.165, 1.54) is 12.5 Å². The van der Waals surface area contributed by atoms with Gasteiger partial charge >= 0.3 is 0 Å². The summed E-state index contributed by atoms with van der Waals surface area (Å²) in [5.74, 6) is 0.188. The average molecular weight is 939 g/mol. The van der Waals surface area contributed by atoms with E-state index < -0.39 is 29.3 Å². The van der Waals surface area contributed by atoms with Crippen LogP contribution in [0.15, 0.2) is 71.5 Å². The molecule has 1 saturated carbocycles. The minimum Gasteiger partial charge on any atom is -0.507 e. The standard InChI is InChI=1S/C51H64ClN7O8/c1-30-43(66-29-56-30)36-21-17-32(25-39(36)60)41(58-46(64)38-13-12-23-55-38)42(62)44(49(2,3)4)57-40(61)28-54-22-10-9-11-24-65-34-18-14-31(15-19-34)45(63)59-47-50(5,6)48(51(47,7)8)67-35-20-16-33(27-53)37(52)26-35/h14-21,25-26,29,38,41,44,47-48,54-55,60H,9-13,22-24,28H2,1-8H3,(H,57,61)(H,58,64)(H,59,63)/t38?,41?,44-,47?,48?/m1/s1. The summed E-state index contributed by atoms with van der Waals surface area (Å²) >= 11 is 6.24. The number of benzene rings is 3. The van der Waals surface area contributed by atoms with Crippen molar-refractivity contribution in [1.82, 2.24) is 31.6 Å². The Morgan fingerprint density at radius 3 is 2.31 bits per heavy atom. The number of ketones is 1. The Hall–Kier alpha value is -5.95. The fourth-order valence-corrected chi connectivity index (χ4v) is 9.69. The van der Waals surface area contributed by atoms with Crippen molar-refractivity contribution in [2.75, 3.05) is 26.2 Å². The van der Waals surface area contributed by atoms with Crippen LogP contribution in [0.1, 0.15) is 114 Å². The first kappa shape index (κ1) is 50.5. The molecule has 16 heteroatoms. The maximum absolute atomic E-state index is 14.4. The number of nitrogens with zero attached hydrogens (tertiary/aromatic N) is 2. The van der Waals surface area contributed by atoms with Crippen molar-refractivity contribution in [2.24, 2.45) is 16.2 Å². The van der Waals surface area contributed by atoms with Gasteiger partial charge in [0.1, 0.15) is 35.5 Å². The minimum atomic E-state index is -1.15. The molecule has 1 aliphatic heterocycles. The lowest BCUT2D eigenvalue weighted by atomic mass is 9.49. The minimum absolute atomic E-state index is 0.0106. The summed E-state index contributed by atoms with van der Waals surface area (Å²) in [6, 6.07) is 16.1. The van der Waals surface area contributed by atoms with Gasteiger partial charge in [0.15, 0.2) is 17.9 Å². The molecular weight excluding hydrogens is 874 g/mol. The van der Waals surface area contributed by atoms with E-state index >= 15 is 0 Å². The van der Waals surface area contributed by atoms with Crippen LogP contribution in [0.2, 0.25) is 5.02 Å². The summed E-state index contributed by atoms with van der Waals surface area (Å²) < 4.78 is 17.8. The van der Waals surface area contributed by atoms with E-state index in [1.807, 2.05) is 20.8 Å². The van der Waals surface area contributed by atoms with Gasteiger partial charge in [0, 0.05) is 28.5 Å². The number of Topliss-reactive ketones (excluding diaryl/α,β-unsaturated/α-hetero) is 1. The fourth-order valence-electron chi connectivity index (χ4n) is 9.48. The number of rotatable bonds is 20. The molecule has 67 heavy (non-hydrogen) atoms. The molecule has 3 amide bonds. The second-order valence-corrected chi connectivity index (χ2v) is 20.2. The van der Waals surface area contributed by atoms with Gasteiger partial charge in [0.25, 0.3) is 5.91 Å². The predicted molar refractivity (Wildman–Crippen MR) is 255 cm³/mol. The molecule has 3 atom stereocenters. The van der Waals surface area contributed by atoms with E-state index in [1.54, 1.807) is 61.5 Å². The molecule has 1 saturated heterocycles. The molecule has 4 aromatic rings. The van der Waals surface area contributed by atoms with Gasteiger partial charge in [-0.25, -0.2) is 4.98 Å². The Kier molecular flexibility index (Phi) is 16.1. The first-order chi connectivity index (χ1) is 31.7. The van der Waals surface area contributed by atoms with Crippen LogP contribution in [0.3, 0.4) is 0 Å². The summed E-state index contributed by atoms with van der Waals surface area (Å²) in [4.78, 5) is 58.6. The second kappa shape index (κ2) is 21.3. The number of nitriles is 1. The van der Waals surface area contributed by atoms with Crippen LogP contribution in [-0.2, 0) is 14.4 Å². The highest BCUT2D eigenvalue weighted by atomic mass is 35.5. The number of aromatic nitrogens is 1. The first-order valence-corrected chi connectivity index (χ1v) is 23.3. The van der Waals surface area contributed by atoms with Gasteiger partial charge in [-0.05, 0) is 112 Å². The van der Waals surface area contributed by atoms with Crippen LogP contribution < -0.4 is 36.1 Å². The quantitative estimate of drug-likeness (QED) is 0.0480. The summed E-state index contributed by atoms with van der Waals surface area (Å²) in [6.07, 6.45) is 4.95. The lowest BCUT2D eigenvalue weighted by Crippen LogP contribution is -2.74. The van der Waals surface area contributed by atoms with Gasteiger partial charge in [-0.2, -0.15) is 5.26 Å². The fraction of sp³-hybridized carbons (Fsp3) is 0.490. The highest BCUT2D eigenvalue weighted by Crippen LogP contribution is 2.55. The Morgan fingerprint density at radius 1 is 0.985 bits per heavy atom. The van der Waals surface area contributed by atoms with E-state index in [4.69, 9.17) is 25.5 Å². The number of nitrogens with one attached hydrogen (secondary N) is 5. The molecule has 1 aliphatic carbocycles. The molecular formula is C51H64ClN7O8. The van der Waals surface area contributed by atoms with Crippen molar-refractivity contribution < 1.29 is 38.2 Å². The molecule has 0 radical (unpaired) electrons. The summed E-state index contributed by atoms with van der Waals surface area (Å²) in [5.41, 5.74) is 0.759. The maximum Gasteiger partial charge on any atom is 0.251 e. The number of halogens is 1. The van der Waals surface area contributed by atoms with E-state index in [0.29, 0.717) is 76.3 Å². The molecule has 2 heterocycles. The van der Waals surface area contributed by atoms with E-state index in [-0.39, 0.29) is 53.0 Å². The lowest BCUT2D eigenvalue weighted by molar-refractivity contribution is -0.164. The number of amides is 3. The van der Waals surface area contributed by atoms with Gasteiger partial charge in [-0.15, -0.1) is 0 Å². The third-order valence-corrected chi connectivity index (χ3v) is 13.2. The number of oxazole rings is 1. The van der Waals surface area contributed by atoms with Crippen molar-refractivity contribution in [3.63, 3.8) is 0 Å². The first-order valence-electron chi connectivity index (χ1n) is 22.9. The van der Waals surface area contributed by atoms with E-state index in [9.17, 15) is 29.5 Å². The van der Waals surface area contributed by atoms with Crippen LogP contribution in [0.4, 0.5) is 0 Å². The predicted octanol–water partition coefficient (Wildman–Crippen LogP) is 7.34. The zero-order valence-electron chi connectivity index (χ0n) is 39.7. The number of unbranched alkanes of at least 4 members (excludes halogenated alkanes) is 2. The molecule has 3 aromatic carbocycles. The van der Waals surface area contributed by atoms with Crippen molar-refractivity contribution in [3.8, 4) is 34.6 Å². The monoisotopic (exact) mass is 937 g/mol. The zero-order valence-corrected chi connectivity index (χ0v) is 40.4. The molecule has 6 N–H and O–H groups in total. The molecule has 2 aliphatic rings. The molecule has 1 aromatic heterocycles. The molecule has 358 valence electrons. The normalized spacial score (nSPS) is 19.3. The Morgan fingerprint density at radius 2 is 1.70 bits per heavy atom. The molecule has 15 nitrogen and oxygen atoms in total. The maximum atomic E-state index is 14.4. The molecule has 2 fully saturated rings. The van der Waals surface area contributed by atoms with Crippen molar-refractivity contribution in [1.29, 1.82) is 5.26 Å². The Labute approximate surface area is 398 Å². The molecule has 6 rings (SSSR count). The summed E-state index contributed by atoms with van der Waals surface area (Å²) in [6.45, 7) is 17.3. The summed E-state index contributed by atoms with van der Waals surface area (Å²) in [5, 5.41) is 36.0. The van der Waals surface area contributed by atoms with Gasteiger partial charge in [0.2, 0.25) is 11.8 Å². The number of aromatic hydroxyl groups is 1. The lowest BCUT2D eigenvalue weighted by Gasteiger charge is -2.63. The third-order valence-electron chi connectivity index (χ3n) is 12.8. The van der Waals surface area contributed by atoms with Crippen molar-refractivity contribution in [2.45, 2.75) is 118 Å². The number of ether oxygens (including phenoxy) is 2.